The summed E-state index contributed by atoms with van der Waals surface area (Å²) in [6.45, 7) is 4.60. The molecule has 88 valence electrons. The third-order valence-electron chi connectivity index (χ3n) is 3.78. The second-order valence-corrected chi connectivity index (χ2v) is 4.95. The van der Waals surface area contributed by atoms with Gasteiger partial charge in [0.1, 0.15) is 0 Å². The topological polar surface area (TPSA) is 33.1 Å². The van der Waals surface area contributed by atoms with Crippen molar-refractivity contribution in [3.05, 3.63) is 18.0 Å². The van der Waals surface area contributed by atoms with Gasteiger partial charge < -0.3 is 5.32 Å². The normalized spacial score (nSPS) is 24.6. The highest BCUT2D eigenvalue weighted by Crippen LogP contribution is 2.44. The third-order valence-corrected chi connectivity index (χ3v) is 3.78. The molecule has 0 spiro atoms. The molecule has 2 aliphatic rings. The number of nitrogens with zero attached hydrogens (tertiary/aromatic N) is 3. The first-order valence-electron chi connectivity index (χ1n) is 6.29. The van der Waals surface area contributed by atoms with Crippen LogP contribution >= 0.6 is 0 Å². The van der Waals surface area contributed by atoms with Gasteiger partial charge in [0, 0.05) is 39.4 Å². The van der Waals surface area contributed by atoms with Crippen molar-refractivity contribution in [1.29, 1.82) is 0 Å². The largest absolute Gasteiger partial charge is 0.314 e. The Morgan fingerprint density at radius 3 is 2.69 bits per heavy atom. The molecular formula is C12H20N4. The van der Waals surface area contributed by atoms with Gasteiger partial charge in [0.2, 0.25) is 0 Å². The number of piperazine rings is 1. The molecule has 1 atom stereocenters. The van der Waals surface area contributed by atoms with E-state index in [4.69, 9.17) is 0 Å². The maximum atomic E-state index is 4.32. The molecule has 1 saturated carbocycles. The number of hydrogen-bond acceptors (Lipinski definition) is 3. The summed E-state index contributed by atoms with van der Waals surface area (Å²) >= 11 is 0. The Kier molecular flexibility index (Phi) is 2.69. The molecule has 4 heteroatoms. The lowest BCUT2D eigenvalue weighted by atomic mass is 10.1. The summed E-state index contributed by atoms with van der Waals surface area (Å²) in [5.74, 6) is 0.869. The van der Waals surface area contributed by atoms with E-state index in [0.29, 0.717) is 6.04 Å². The van der Waals surface area contributed by atoms with Gasteiger partial charge in [0.05, 0.1) is 11.7 Å². The summed E-state index contributed by atoms with van der Waals surface area (Å²) in [7, 11) is 2.06. The van der Waals surface area contributed by atoms with Gasteiger partial charge in [-0.05, 0) is 24.8 Å². The third kappa shape index (κ3) is 1.87. The maximum absolute atomic E-state index is 4.32. The van der Waals surface area contributed by atoms with Gasteiger partial charge in [0.25, 0.3) is 0 Å². The standard InChI is InChI=1S/C12H20N4/c1-15-11(4-5-14-15)12(10-2-3-10)16-8-6-13-7-9-16/h4-5,10,12-13H,2-3,6-9H2,1H3. The zero-order valence-electron chi connectivity index (χ0n) is 9.89. The summed E-state index contributed by atoms with van der Waals surface area (Å²) < 4.78 is 2.05. The molecule has 1 aromatic rings. The van der Waals surface area contributed by atoms with Crippen LogP contribution in [0.1, 0.15) is 24.6 Å². The molecule has 1 aliphatic heterocycles. The van der Waals surface area contributed by atoms with Gasteiger partial charge in [0.15, 0.2) is 0 Å². The first kappa shape index (κ1) is 10.3. The van der Waals surface area contributed by atoms with Crippen LogP contribution in [0.5, 0.6) is 0 Å². The minimum absolute atomic E-state index is 0.606. The number of rotatable bonds is 3. The van der Waals surface area contributed by atoms with Gasteiger partial charge in [-0.2, -0.15) is 5.10 Å². The van der Waals surface area contributed by atoms with E-state index in [-0.39, 0.29) is 0 Å². The van der Waals surface area contributed by atoms with Crippen molar-refractivity contribution < 1.29 is 0 Å². The number of aromatic nitrogens is 2. The van der Waals surface area contributed by atoms with Crippen LogP contribution in [0.3, 0.4) is 0 Å². The highest BCUT2D eigenvalue weighted by atomic mass is 15.3. The first-order chi connectivity index (χ1) is 7.86. The van der Waals surface area contributed by atoms with Gasteiger partial charge in [-0.1, -0.05) is 0 Å². The van der Waals surface area contributed by atoms with E-state index in [9.17, 15) is 0 Å². The molecule has 1 aromatic heterocycles. The Balaban J connectivity index is 1.83. The molecule has 4 nitrogen and oxygen atoms in total. The fourth-order valence-electron chi connectivity index (χ4n) is 2.77. The summed E-state index contributed by atoms with van der Waals surface area (Å²) in [6, 6.07) is 2.79. The van der Waals surface area contributed by atoms with Crippen molar-refractivity contribution in [3.8, 4) is 0 Å². The van der Waals surface area contributed by atoms with E-state index in [2.05, 4.69) is 28.4 Å². The van der Waals surface area contributed by atoms with Crippen molar-refractivity contribution in [3.63, 3.8) is 0 Å². The molecule has 3 rings (SSSR count). The van der Waals surface area contributed by atoms with E-state index in [1.807, 2.05) is 10.9 Å². The molecule has 1 N–H and O–H groups in total. The Hall–Kier alpha value is -0.870. The Bertz CT molecular complexity index is 350. The van der Waals surface area contributed by atoms with Crippen LogP contribution in [0.25, 0.3) is 0 Å². The summed E-state index contributed by atoms with van der Waals surface area (Å²) in [5, 5.41) is 7.74. The van der Waals surface area contributed by atoms with E-state index in [0.717, 1.165) is 19.0 Å². The van der Waals surface area contributed by atoms with Crippen LogP contribution in [-0.2, 0) is 7.05 Å². The van der Waals surface area contributed by atoms with Crippen LogP contribution in [0.15, 0.2) is 12.3 Å². The molecular weight excluding hydrogens is 200 g/mol. The van der Waals surface area contributed by atoms with Crippen molar-refractivity contribution in [1.82, 2.24) is 20.0 Å². The van der Waals surface area contributed by atoms with Crippen LogP contribution in [0, 0.1) is 5.92 Å². The van der Waals surface area contributed by atoms with Crippen molar-refractivity contribution in [2.24, 2.45) is 13.0 Å². The van der Waals surface area contributed by atoms with E-state index in [1.165, 1.54) is 31.6 Å². The fraction of sp³-hybridized carbons (Fsp3) is 0.750. The number of aryl methyl sites for hydroxylation is 1. The molecule has 0 radical (unpaired) electrons. The molecule has 2 heterocycles. The minimum atomic E-state index is 0.606. The Morgan fingerprint density at radius 1 is 1.38 bits per heavy atom. The van der Waals surface area contributed by atoms with Crippen LogP contribution in [0.4, 0.5) is 0 Å². The quantitative estimate of drug-likeness (QED) is 0.817. The van der Waals surface area contributed by atoms with Crippen LogP contribution < -0.4 is 5.32 Å². The molecule has 0 bridgehead atoms. The highest BCUT2D eigenvalue weighted by molar-refractivity contribution is 5.11. The second-order valence-electron chi connectivity index (χ2n) is 4.95. The average Bonchev–Trinajstić information content (AvgIpc) is 3.05. The van der Waals surface area contributed by atoms with Crippen molar-refractivity contribution in [2.75, 3.05) is 26.2 Å². The molecule has 0 aromatic carbocycles. The molecule has 1 aliphatic carbocycles. The number of nitrogens with one attached hydrogen (secondary N) is 1. The van der Waals surface area contributed by atoms with Gasteiger partial charge in [-0.15, -0.1) is 0 Å². The van der Waals surface area contributed by atoms with Crippen LogP contribution in [-0.4, -0.2) is 40.9 Å². The summed E-state index contributed by atoms with van der Waals surface area (Å²) in [4.78, 5) is 2.63. The Labute approximate surface area is 96.6 Å². The Morgan fingerprint density at radius 2 is 2.12 bits per heavy atom. The second kappa shape index (κ2) is 4.18. The molecule has 2 fully saturated rings. The highest BCUT2D eigenvalue weighted by Gasteiger charge is 2.38. The van der Waals surface area contributed by atoms with E-state index in [1.54, 1.807) is 0 Å². The number of hydrogen-bond donors (Lipinski definition) is 1. The molecule has 1 unspecified atom stereocenters. The molecule has 1 saturated heterocycles. The smallest absolute Gasteiger partial charge is 0.0555 e. The summed E-state index contributed by atoms with van der Waals surface area (Å²) in [5.41, 5.74) is 1.39. The minimum Gasteiger partial charge on any atom is -0.314 e. The molecule has 16 heavy (non-hydrogen) atoms. The molecule has 0 amide bonds. The lowest BCUT2D eigenvalue weighted by Gasteiger charge is -2.35. The lowest BCUT2D eigenvalue weighted by Crippen LogP contribution is -2.46. The van der Waals surface area contributed by atoms with Crippen molar-refractivity contribution >= 4 is 0 Å². The van der Waals surface area contributed by atoms with Crippen molar-refractivity contribution in [2.45, 2.75) is 18.9 Å². The summed E-state index contributed by atoms with van der Waals surface area (Å²) in [6.07, 6.45) is 4.70. The van der Waals surface area contributed by atoms with Gasteiger partial charge in [-0.25, -0.2) is 0 Å². The predicted octanol–water partition coefficient (Wildman–Crippen LogP) is 0.776. The average molecular weight is 220 g/mol. The maximum Gasteiger partial charge on any atom is 0.0555 e. The predicted molar refractivity (Wildman–Crippen MR) is 63.1 cm³/mol. The fourth-order valence-corrected chi connectivity index (χ4v) is 2.77. The van der Waals surface area contributed by atoms with E-state index >= 15 is 0 Å². The first-order valence-corrected chi connectivity index (χ1v) is 6.29. The van der Waals surface area contributed by atoms with Gasteiger partial charge >= 0.3 is 0 Å². The van der Waals surface area contributed by atoms with E-state index < -0.39 is 0 Å². The zero-order chi connectivity index (χ0) is 11.0. The SMILES string of the molecule is Cn1nccc1C(C1CC1)N1CCNCC1. The zero-order valence-corrected chi connectivity index (χ0v) is 9.89. The lowest BCUT2D eigenvalue weighted by molar-refractivity contribution is 0.149. The monoisotopic (exact) mass is 220 g/mol. The van der Waals surface area contributed by atoms with Crippen LogP contribution in [0.2, 0.25) is 0 Å². The van der Waals surface area contributed by atoms with Gasteiger partial charge in [-0.3, -0.25) is 9.58 Å².